The number of nitrogens with one attached hydrogen (secondary N) is 1. The van der Waals surface area contributed by atoms with Gasteiger partial charge in [-0.15, -0.1) is 0 Å². The normalized spacial score (nSPS) is 11.4. The Bertz CT molecular complexity index is 776. The van der Waals surface area contributed by atoms with Crippen molar-refractivity contribution in [1.82, 2.24) is 5.32 Å². The molecule has 8 heteroatoms. The minimum Gasteiger partial charge on any atom is -0.489 e. The van der Waals surface area contributed by atoms with Gasteiger partial charge in [-0.25, -0.2) is 0 Å². The Balaban J connectivity index is 2.23. The summed E-state index contributed by atoms with van der Waals surface area (Å²) in [7, 11) is 1.33. The SMILES string of the molecule is CO/N=C(/C(=O)NC=NO)c1ccccc1COc1ccc(Cl)cc1. The van der Waals surface area contributed by atoms with Gasteiger partial charge in [0.15, 0.2) is 5.71 Å². The molecule has 2 N–H and O–H groups in total. The molecule has 0 saturated heterocycles. The van der Waals surface area contributed by atoms with Crippen LogP contribution < -0.4 is 10.1 Å². The minimum absolute atomic E-state index is 0.0257. The zero-order valence-corrected chi connectivity index (χ0v) is 14.1. The van der Waals surface area contributed by atoms with E-state index in [1.54, 1.807) is 36.4 Å². The molecule has 0 radical (unpaired) electrons. The maximum atomic E-state index is 12.2. The van der Waals surface area contributed by atoms with E-state index in [2.05, 4.69) is 15.6 Å². The molecular formula is C17H16ClN3O4. The first-order valence-electron chi connectivity index (χ1n) is 7.20. The highest BCUT2D eigenvalue weighted by Gasteiger charge is 2.18. The highest BCUT2D eigenvalue weighted by Crippen LogP contribution is 2.18. The summed E-state index contributed by atoms with van der Waals surface area (Å²) in [4.78, 5) is 16.9. The lowest BCUT2D eigenvalue weighted by Crippen LogP contribution is -2.31. The van der Waals surface area contributed by atoms with Crippen molar-refractivity contribution in [2.75, 3.05) is 7.11 Å². The van der Waals surface area contributed by atoms with Crippen molar-refractivity contribution in [3.8, 4) is 5.75 Å². The van der Waals surface area contributed by atoms with Crippen molar-refractivity contribution < 1.29 is 19.6 Å². The first-order valence-corrected chi connectivity index (χ1v) is 7.58. The zero-order chi connectivity index (χ0) is 18.1. The molecule has 7 nitrogen and oxygen atoms in total. The van der Waals surface area contributed by atoms with Crippen LogP contribution in [0.4, 0.5) is 0 Å². The van der Waals surface area contributed by atoms with Crippen LogP contribution in [0.1, 0.15) is 11.1 Å². The van der Waals surface area contributed by atoms with Crippen molar-refractivity contribution in [2.45, 2.75) is 6.61 Å². The summed E-state index contributed by atoms with van der Waals surface area (Å²) >= 11 is 5.85. The van der Waals surface area contributed by atoms with Gasteiger partial charge in [0.05, 0.1) is 0 Å². The van der Waals surface area contributed by atoms with Crippen LogP contribution in [0.15, 0.2) is 58.8 Å². The van der Waals surface area contributed by atoms with Gasteiger partial charge >= 0.3 is 0 Å². The van der Waals surface area contributed by atoms with Crippen LogP contribution in [0.25, 0.3) is 0 Å². The van der Waals surface area contributed by atoms with Gasteiger partial charge in [-0.1, -0.05) is 46.2 Å². The van der Waals surface area contributed by atoms with E-state index in [1.807, 2.05) is 12.1 Å². The molecule has 2 rings (SSSR count). The van der Waals surface area contributed by atoms with Crippen LogP contribution in [-0.4, -0.2) is 30.3 Å². The molecular weight excluding hydrogens is 346 g/mol. The Morgan fingerprint density at radius 1 is 1.24 bits per heavy atom. The van der Waals surface area contributed by atoms with Crippen LogP contribution in [0.5, 0.6) is 5.75 Å². The van der Waals surface area contributed by atoms with E-state index in [9.17, 15) is 4.79 Å². The topological polar surface area (TPSA) is 92.5 Å². The van der Waals surface area contributed by atoms with E-state index in [1.165, 1.54) is 7.11 Å². The number of benzene rings is 2. The molecule has 0 heterocycles. The quantitative estimate of drug-likeness (QED) is 0.343. The molecule has 2 aromatic rings. The Morgan fingerprint density at radius 3 is 2.64 bits per heavy atom. The number of hydrogen-bond acceptors (Lipinski definition) is 6. The molecule has 0 aliphatic rings. The number of rotatable bonds is 7. The third-order valence-corrected chi connectivity index (χ3v) is 3.38. The predicted molar refractivity (Wildman–Crippen MR) is 94.2 cm³/mol. The van der Waals surface area contributed by atoms with Gasteiger partial charge < -0.3 is 20.1 Å². The van der Waals surface area contributed by atoms with Gasteiger partial charge in [-0.2, -0.15) is 0 Å². The second kappa shape index (κ2) is 9.29. The third kappa shape index (κ3) is 5.22. The maximum Gasteiger partial charge on any atom is 0.279 e. The van der Waals surface area contributed by atoms with E-state index in [0.29, 0.717) is 16.3 Å². The fraction of sp³-hybridized carbons (Fsp3) is 0.118. The van der Waals surface area contributed by atoms with E-state index < -0.39 is 5.91 Å². The molecule has 0 atom stereocenters. The molecule has 0 fully saturated rings. The Labute approximate surface area is 149 Å². The fourth-order valence-electron chi connectivity index (χ4n) is 2.03. The first kappa shape index (κ1) is 18.3. The maximum absolute atomic E-state index is 12.2. The van der Waals surface area contributed by atoms with Crippen molar-refractivity contribution >= 4 is 29.6 Å². The molecule has 2 aromatic carbocycles. The number of oxime groups is 2. The van der Waals surface area contributed by atoms with Crippen molar-refractivity contribution in [2.24, 2.45) is 10.3 Å². The van der Waals surface area contributed by atoms with Gasteiger partial charge in [0.1, 0.15) is 25.8 Å². The Hall–Kier alpha value is -3.06. The summed E-state index contributed by atoms with van der Waals surface area (Å²) < 4.78 is 5.72. The lowest BCUT2D eigenvalue weighted by molar-refractivity contribution is -0.113. The van der Waals surface area contributed by atoms with Gasteiger partial charge in [0.25, 0.3) is 5.91 Å². The first-order chi connectivity index (χ1) is 12.2. The predicted octanol–water partition coefficient (Wildman–Crippen LogP) is 2.80. The molecule has 0 spiro atoms. The largest absolute Gasteiger partial charge is 0.489 e. The number of ether oxygens (including phenoxy) is 1. The Kier molecular flexibility index (Phi) is 6.79. The summed E-state index contributed by atoms with van der Waals surface area (Å²) in [5.74, 6) is 0.0555. The van der Waals surface area contributed by atoms with E-state index in [4.69, 9.17) is 26.4 Å². The number of amides is 1. The van der Waals surface area contributed by atoms with Crippen molar-refractivity contribution in [1.29, 1.82) is 0 Å². The van der Waals surface area contributed by atoms with Crippen LogP contribution in [0, 0.1) is 0 Å². The van der Waals surface area contributed by atoms with Gasteiger partial charge in [-0.05, 0) is 29.8 Å². The number of hydrogen-bond donors (Lipinski definition) is 2. The summed E-state index contributed by atoms with van der Waals surface area (Å²) in [6, 6.07) is 14.1. The summed E-state index contributed by atoms with van der Waals surface area (Å²) in [6.07, 6.45) is 0.848. The summed E-state index contributed by atoms with van der Waals surface area (Å²) in [5, 5.41) is 17.8. The van der Waals surface area contributed by atoms with E-state index in [-0.39, 0.29) is 12.3 Å². The van der Waals surface area contributed by atoms with Crippen LogP contribution in [0.2, 0.25) is 5.02 Å². The zero-order valence-electron chi connectivity index (χ0n) is 13.3. The van der Waals surface area contributed by atoms with Gasteiger partial charge in [0, 0.05) is 10.6 Å². The van der Waals surface area contributed by atoms with Crippen molar-refractivity contribution in [3.63, 3.8) is 0 Å². The number of halogens is 1. The number of carbonyl (C=O) groups is 1. The average Bonchev–Trinajstić information content (AvgIpc) is 2.64. The van der Waals surface area contributed by atoms with Crippen LogP contribution in [-0.2, 0) is 16.2 Å². The lowest BCUT2D eigenvalue weighted by atomic mass is 10.0. The van der Waals surface area contributed by atoms with Gasteiger partial charge in [-0.3, -0.25) is 4.79 Å². The molecule has 1 amide bonds. The van der Waals surface area contributed by atoms with Crippen molar-refractivity contribution in [3.05, 3.63) is 64.7 Å². The van der Waals surface area contributed by atoms with Crippen LogP contribution in [0.3, 0.4) is 0 Å². The van der Waals surface area contributed by atoms with E-state index in [0.717, 1.165) is 11.9 Å². The molecule has 0 saturated carbocycles. The second-order valence-corrected chi connectivity index (χ2v) is 5.18. The molecule has 0 unspecified atom stereocenters. The number of carbonyl (C=O) groups excluding carboxylic acids is 1. The molecule has 0 aromatic heterocycles. The van der Waals surface area contributed by atoms with Gasteiger partial charge in [0.2, 0.25) is 0 Å². The highest BCUT2D eigenvalue weighted by atomic mass is 35.5. The Morgan fingerprint density at radius 2 is 1.96 bits per heavy atom. The molecule has 0 bridgehead atoms. The van der Waals surface area contributed by atoms with Crippen LogP contribution >= 0.6 is 11.6 Å². The second-order valence-electron chi connectivity index (χ2n) is 4.74. The number of nitrogens with zero attached hydrogens (tertiary/aromatic N) is 2. The molecule has 130 valence electrons. The summed E-state index contributed by atoms with van der Waals surface area (Å²) in [5.41, 5.74) is 1.28. The van der Waals surface area contributed by atoms with E-state index >= 15 is 0 Å². The molecule has 25 heavy (non-hydrogen) atoms. The highest BCUT2D eigenvalue weighted by molar-refractivity contribution is 6.46. The summed E-state index contributed by atoms with van der Waals surface area (Å²) in [6.45, 7) is 0.210. The fourth-order valence-corrected chi connectivity index (χ4v) is 2.16. The molecule has 0 aliphatic heterocycles. The smallest absolute Gasteiger partial charge is 0.279 e. The lowest BCUT2D eigenvalue weighted by Gasteiger charge is -2.12. The monoisotopic (exact) mass is 361 g/mol. The average molecular weight is 362 g/mol. The minimum atomic E-state index is -0.585. The standard InChI is InChI=1S/C17H16ClN3O4/c1-24-21-16(17(22)19-11-20-23)15-5-3-2-4-12(15)10-25-14-8-6-13(18)7-9-14/h2-9,11,23H,10H2,1H3,(H,19,20,22)/b21-16+. The molecule has 0 aliphatic carbocycles. The third-order valence-electron chi connectivity index (χ3n) is 3.13.